The maximum atomic E-state index is 12.7. The van der Waals surface area contributed by atoms with Crippen LogP contribution in [-0.4, -0.2) is 59.4 Å². The van der Waals surface area contributed by atoms with Gasteiger partial charge in [-0.25, -0.2) is 18.4 Å². The zero-order valence-electron chi connectivity index (χ0n) is 17.2. The summed E-state index contributed by atoms with van der Waals surface area (Å²) in [5, 5.41) is 6.30. The molecule has 1 saturated heterocycles. The topological polar surface area (TPSA) is 91.6 Å². The number of sulfonamides is 1. The molecule has 0 bridgehead atoms. The maximum Gasteiger partial charge on any atom is 0.511 e. The number of imidazole rings is 1. The van der Waals surface area contributed by atoms with Gasteiger partial charge in [-0.1, -0.05) is 12.1 Å². The third-order valence-corrected chi connectivity index (χ3v) is 6.66. The fraction of sp³-hybridized carbons (Fsp3) is 0.556. The minimum absolute atomic E-state index is 0. The molecule has 13 heteroatoms. The van der Waals surface area contributed by atoms with Crippen LogP contribution < -0.4 is 10.6 Å². The minimum Gasteiger partial charge on any atom is -0.357 e. The number of aryl methyl sites for hydroxylation is 1. The number of nitrogens with zero attached hydrogens (tertiary/aromatic N) is 4. The van der Waals surface area contributed by atoms with Crippen molar-refractivity contribution in [3.8, 4) is 0 Å². The second-order valence-corrected chi connectivity index (χ2v) is 8.97. The lowest BCUT2D eigenvalue weighted by molar-refractivity contribution is -0.0494. The van der Waals surface area contributed by atoms with Crippen molar-refractivity contribution in [3.05, 3.63) is 30.1 Å². The molecule has 0 saturated carbocycles. The summed E-state index contributed by atoms with van der Waals surface area (Å²) in [4.78, 5) is 9.11. The van der Waals surface area contributed by atoms with E-state index in [4.69, 9.17) is 0 Å². The van der Waals surface area contributed by atoms with E-state index in [0.29, 0.717) is 23.4 Å². The zero-order chi connectivity index (χ0) is 21.9. The Morgan fingerprint density at radius 2 is 1.90 bits per heavy atom. The van der Waals surface area contributed by atoms with E-state index in [2.05, 4.69) is 20.6 Å². The molecule has 0 aliphatic carbocycles. The first-order valence-electron chi connectivity index (χ1n) is 9.65. The second-order valence-electron chi connectivity index (χ2n) is 7.04. The highest BCUT2D eigenvalue weighted by Crippen LogP contribution is 2.29. The predicted molar refractivity (Wildman–Crippen MR) is 124 cm³/mol. The molecular formula is C18H26F3IN6O2S. The van der Waals surface area contributed by atoms with Gasteiger partial charge in [0.05, 0.1) is 11.0 Å². The van der Waals surface area contributed by atoms with Crippen molar-refractivity contribution in [3.63, 3.8) is 0 Å². The van der Waals surface area contributed by atoms with Gasteiger partial charge >= 0.3 is 15.5 Å². The minimum atomic E-state index is -5.28. The van der Waals surface area contributed by atoms with Crippen molar-refractivity contribution in [2.24, 2.45) is 12.0 Å². The summed E-state index contributed by atoms with van der Waals surface area (Å²) in [7, 11) is -3.36. The van der Waals surface area contributed by atoms with E-state index in [1.807, 2.05) is 42.8 Å². The number of nitrogens with one attached hydrogen (secondary N) is 2. The van der Waals surface area contributed by atoms with E-state index < -0.39 is 15.5 Å². The normalized spacial score (nSPS) is 16.9. The Kier molecular flexibility index (Phi) is 8.55. The number of benzene rings is 1. The van der Waals surface area contributed by atoms with E-state index in [0.717, 1.165) is 16.9 Å². The highest BCUT2D eigenvalue weighted by Gasteiger charge is 2.50. The van der Waals surface area contributed by atoms with Crippen LogP contribution in [0.25, 0.3) is 11.0 Å². The molecule has 2 aromatic rings. The third-order valence-electron chi connectivity index (χ3n) is 5.03. The largest absolute Gasteiger partial charge is 0.511 e. The number of piperidine rings is 1. The van der Waals surface area contributed by atoms with Gasteiger partial charge in [0.1, 0.15) is 12.4 Å². The van der Waals surface area contributed by atoms with E-state index in [1.165, 1.54) is 0 Å². The Hall–Kier alpha value is -1.61. The molecule has 0 spiro atoms. The molecule has 0 amide bonds. The van der Waals surface area contributed by atoms with E-state index in [1.54, 1.807) is 0 Å². The number of aromatic nitrogens is 2. The summed E-state index contributed by atoms with van der Waals surface area (Å²) in [6, 6.07) is 7.58. The fourth-order valence-electron chi connectivity index (χ4n) is 3.39. The molecule has 2 N–H and O–H groups in total. The van der Waals surface area contributed by atoms with Crippen LogP contribution in [0.5, 0.6) is 0 Å². The smallest absolute Gasteiger partial charge is 0.357 e. The molecule has 0 radical (unpaired) electrons. The standard InChI is InChI=1S/C18H25F3N6O2S.HI/c1-3-22-17(23-12-16-25-14-6-4-5-7-15(14)26(16)2)24-13-8-10-27(11-9-13)30(28,29)18(19,20)21;/h4-7,13H,3,8-12H2,1-2H3,(H2,22,23,24);1H. The summed E-state index contributed by atoms with van der Waals surface area (Å²) in [6.45, 7) is 2.45. The Morgan fingerprint density at radius 1 is 1.26 bits per heavy atom. The lowest BCUT2D eigenvalue weighted by Gasteiger charge is -2.32. The lowest BCUT2D eigenvalue weighted by Crippen LogP contribution is -2.51. The predicted octanol–water partition coefficient (Wildman–Crippen LogP) is 2.56. The highest BCUT2D eigenvalue weighted by atomic mass is 127. The average Bonchev–Trinajstić information content (AvgIpc) is 3.02. The van der Waals surface area contributed by atoms with E-state index in [9.17, 15) is 21.6 Å². The van der Waals surface area contributed by atoms with Crippen LogP contribution in [0.3, 0.4) is 0 Å². The Balaban J connectivity index is 0.00000341. The molecule has 1 aliphatic rings. The monoisotopic (exact) mass is 574 g/mol. The molecule has 0 atom stereocenters. The molecule has 31 heavy (non-hydrogen) atoms. The summed E-state index contributed by atoms with van der Waals surface area (Å²) in [5.41, 5.74) is -3.39. The lowest BCUT2D eigenvalue weighted by atomic mass is 10.1. The van der Waals surface area contributed by atoms with E-state index in [-0.39, 0.29) is 55.9 Å². The number of guanidine groups is 1. The van der Waals surface area contributed by atoms with Crippen LogP contribution in [0.4, 0.5) is 13.2 Å². The number of rotatable bonds is 5. The first-order chi connectivity index (χ1) is 14.1. The molecule has 2 heterocycles. The number of alkyl halides is 3. The average molecular weight is 574 g/mol. The number of hydrogen-bond acceptors (Lipinski definition) is 4. The number of fused-ring (bicyclic) bond motifs is 1. The van der Waals surface area contributed by atoms with Crippen LogP contribution in [0, 0.1) is 0 Å². The van der Waals surface area contributed by atoms with Crippen molar-refractivity contribution in [1.29, 1.82) is 0 Å². The van der Waals surface area contributed by atoms with Gasteiger partial charge in [-0.3, -0.25) is 0 Å². The number of hydrogen-bond donors (Lipinski definition) is 2. The summed E-state index contributed by atoms with van der Waals surface area (Å²) < 4.78 is 63.7. The number of halogens is 4. The van der Waals surface area contributed by atoms with Crippen LogP contribution in [-0.2, 0) is 23.6 Å². The molecule has 1 aromatic heterocycles. The summed E-state index contributed by atoms with van der Waals surface area (Å²) in [6.07, 6.45) is 0.512. The quantitative estimate of drug-likeness (QED) is 0.326. The van der Waals surface area contributed by atoms with Crippen molar-refractivity contribution in [1.82, 2.24) is 24.5 Å². The van der Waals surface area contributed by atoms with Gasteiger partial charge in [0, 0.05) is 32.7 Å². The molecule has 3 rings (SSSR count). The molecule has 1 aromatic carbocycles. The SMILES string of the molecule is CCNC(=NCc1nc2ccccc2n1C)NC1CCN(S(=O)(=O)C(F)(F)F)CC1.I. The van der Waals surface area contributed by atoms with Gasteiger partial charge in [-0.15, -0.1) is 24.0 Å². The second kappa shape index (κ2) is 10.3. The Bertz CT molecular complexity index is 1020. The van der Waals surface area contributed by atoms with Gasteiger partial charge in [0.15, 0.2) is 5.96 Å². The maximum absolute atomic E-state index is 12.7. The molecule has 0 unspecified atom stereocenters. The summed E-state index contributed by atoms with van der Waals surface area (Å²) in [5.74, 6) is 1.29. The van der Waals surface area contributed by atoms with Crippen molar-refractivity contribution < 1.29 is 21.6 Å². The van der Waals surface area contributed by atoms with Crippen LogP contribution >= 0.6 is 24.0 Å². The zero-order valence-corrected chi connectivity index (χ0v) is 20.3. The summed E-state index contributed by atoms with van der Waals surface area (Å²) >= 11 is 0. The number of para-hydroxylation sites is 2. The Labute approximate surface area is 196 Å². The van der Waals surface area contributed by atoms with Gasteiger partial charge in [-0.2, -0.15) is 17.5 Å². The van der Waals surface area contributed by atoms with Crippen molar-refractivity contribution in [2.45, 2.75) is 37.9 Å². The van der Waals surface area contributed by atoms with Gasteiger partial charge in [0.25, 0.3) is 0 Å². The molecule has 1 fully saturated rings. The first kappa shape index (κ1) is 25.6. The van der Waals surface area contributed by atoms with E-state index >= 15 is 0 Å². The first-order valence-corrected chi connectivity index (χ1v) is 11.1. The molecule has 8 nitrogen and oxygen atoms in total. The molecule has 174 valence electrons. The Morgan fingerprint density at radius 3 is 2.48 bits per heavy atom. The molecule has 1 aliphatic heterocycles. The van der Waals surface area contributed by atoms with Crippen LogP contribution in [0.1, 0.15) is 25.6 Å². The fourth-order valence-corrected chi connectivity index (χ4v) is 4.37. The van der Waals surface area contributed by atoms with Gasteiger partial charge in [-0.05, 0) is 31.9 Å². The van der Waals surface area contributed by atoms with Crippen LogP contribution in [0.2, 0.25) is 0 Å². The number of aliphatic imine (C=N–C) groups is 1. The van der Waals surface area contributed by atoms with Crippen molar-refractivity contribution in [2.75, 3.05) is 19.6 Å². The molecular weight excluding hydrogens is 548 g/mol. The van der Waals surface area contributed by atoms with Gasteiger partial charge < -0.3 is 15.2 Å². The highest BCUT2D eigenvalue weighted by molar-refractivity contribution is 14.0. The van der Waals surface area contributed by atoms with Crippen LogP contribution in [0.15, 0.2) is 29.3 Å². The van der Waals surface area contributed by atoms with Gasteiger partial charge in [0.2, 0.25) is 0 Å². The third kappa shape index (κ3) is 5.80. The van der Waals surface area contributed by atoms with Crippen molar-refractivity contribution >= 4 is 51.0 Å².